The summed E-state index contributed by atoms with van der Waals surface area (Å²) in [5.41, 5.74) is 3.66. The third-order valence-electron chi connectivity index (χ3n) is 4.36. The molecule has 26 heavy (non-hydrogen) atoms. The quantitative estimate of drug-likeness (QED) is 0.623. The van der Waals surface area contributed by atoms with Crippen LogP contribution >= 0.6 is 0 Å². The van der Waals surface area contributed by atoms with E-state index in [9.17, 15) is 14.0 Å². The van der Waals surface area contributed by atoms with Gasteiger partial charge in [0.2, 0.25) is 0 Å². The van der Waals surface area contributed by atoms with Gasteiger partial charge in [-0.15, -0.1) is 0 Å². The van der Waals surface area contributed by atoms with Crippen LogP contribution in [-0.4, -0.2) is 33.1 Å². The van der Waals surface area contributed by atoms with E-state index in [4.69, 9.17) is 0 Å². The molecule has 0 unspecified atom stereocenters. The standard InChI is InChI=1S/C18H20FN5O2/c1-10-16(11(2)24(3)23-10)22-18(26)17(25)20-7-6-12-9-21-15-5-4-13(19)8-14(12)15/h4-5,8-9,21H,6-7H2,1-3H3,(H,20,25)(H,22,26). The van der Waals surface area contributed by atoms with Crippen LogP contribution in [0.2, 0.25) is 0 Å². The fraction of sp³-hybridized carbons (Fsp3) is 0.278. The molecule has 0 fully saturated rings. The van der Waals surface area contributed by atoms with Crippen molar-refractivity contribution in [3.63, 3.8) is 0 Å². The summed E-state index contributed by atoms with van der Waals surface area (Å²) in [5.74, 6) is -1.78. The predicted molar refractivity (Wildman–Crippen MR) is 96.3 cm³/mol. The van der Waals surface area contributed by atoms with Gasteiger partial charge in [0.25, 0.3) is 0 Å². The molecule has 0 aliphatic rings. The van der Waals surface area contributed by atoms with Crippen molar-refractivity contribution < 1.29 is 14.0 Å². The molecular weight excluding hydrogens is 337 g/mol. The number of carbonyl (C=O) groups is 2. The van der Waals surface area contributed by atoms with Gasteiger partial charge in [0.05, 0.1) is 17.1 Å². The number of rotatable bonds is 4. The summed E-state index contributed by atoms with van der Waals surface area (Å²) >= 11 is 0. The lowest BCUT2D eigenvalue weighted by Gasteiger charge is -2.07. The minimum atomic E-state index is -0.742. The molecule has 0 aliphatic heterocycles. The summed E-state index contributed by atoms with van der Waals surface area (Å²) in [6, 6.07) is 4.50. The Labute approximate surface area is 149 Å². The van der Waals surface area contributed by atoms with Crippen molar-refractivity contribution in [3.8, 4) is 0 Å². The van der Waals surface area contributed by atoms with Gasteiger partial charge in [0.15, 0.2) is 0 Å². The summed E-state index contributed by atoms with van der Waals surface area (Å²) in [6.07, 6.45) is 2.26. The van der Waals surface area contributed by atoms with E-state index < -0.39 is 11.8 Å². The first kappa shape index (κ1) is 17.7. The molecular formula is C18H20FN5O2. The predicted octanol–water partition coefficient (Wildman–Crippen LogP) is 1.95. The first-order valence-corrected chi connectivity index (χ1v) is 8.21. The molecule has 2 heterocycles. The number of H-pyrrole nitrogens is 1. The van der Waals surface area contributed by atoms with E-state index in [1.165, 1.54) is 12.1 Å². The summed E-state index contributed by atoms with van der Waals surface area (Å²) in [4.78, 5) is 27.1. The van der Waals surface area contributed by atoms with Crippen molar-refractivity contribution in [3.05, 3.63) is 47.2 Å². The second-order valence-electron chi connectivity index (χ2n) is 6.13. The van der Waals surface area contributed by atoms with Crippen LogP contribution in [0.4, 0.5) is 10.1 Å². The number of hydrogen-bond acceptors (Lipinski definition) is 3. The lowest BCUT2D eigenvalue weighted by molar-refractivity contribution is -0.136. The Bertz CT molecular complexity index is 989. The molecule has 1 aromatic carbocycles. The van der Waals surface area contributed by atoms with Crippen molar-refractivity contribution in [1.82, 2.24) is 20.1 Å². The van der Waals surface area contributed by atoms with Gasteiger partial charge in [-0.1, -0.05) is 0 Å². The van der Waals surface area contributed by atoms with Gasteiger partial charge in [0, 0.05) is 30.7 Å². The lowest BCUT2D eigenvalue weighted by Crippen LogP contribution is -2.36. The van der Waals surface area contributed by atoms with Gasteiger partial charge in [-0.25, -0.2) is 4.39 Å². The van der Waals surface area contributed by atoms with Crippen molar-refractivity contribution >= 4 is 28.4 Å². The molecule has 0 saturated carbocycles. The van der Waals surface area contributed by atoms with Crippen LogP contribution in [0.5, 0.6) is 0 Å². The Morgan fingerprint density at radius 3 is 2.73 bits per heavy atom. The van der Waals surface area contributed by atoms with Gasteiger partial charge in [-0.2, -0.15) is 5.10 Å². The number of nitrogens with zero attached hydrogens (tertiary/aromatic N) is 2. The first-order chi connectivity index (χ1) is 12.4. The number of amides is 2. The van der Waals surface area contributed by atoms with Gasteiger partial charge >= 0.3 is 11.8 Å². The number of nitrogens with one attached hydrogen (secondary N) is 3. The molecule has 7 nitrogen and oxygen atoms in total. The zero-order chi connectivity index (χ0) is 18.8. The highest BCUT2D eigenvalue weighted by Gasteiger charge is 2.18. The number of fused-ring (bicyclic) bond motifs is 1. The normalized spacial score (nSPS) is 10.9. The van der Waals surface area contributed by atoms with E-state index in [1.54, 1.807) is 30.9 Å². The van der Waals surface area contributed by atoms with Crippen LogP contribution in [0.3, 0.4) is 0 Å². The van der Waals surface area contributed by atoms with Gasteiger partial charge in [0.1, 0.15) is 5.82 Å². The van der Waals surface area contributed by atoms with Crippen LogP contribution in [0, 0.1) is 19.7 Å². The van der Waals surface area contributed by atoms with Crippen LogP contribution in [-0.2, 0) is 23.1 Å². The highest BCUT2D eigenvalue weighted by molar-refractivity contribution is 6.39. The van der Waals surface area contributed by atoms with Gasteiger partial charge in [-0.05, 0) is 44.0 Å². The molecule has 0 atom stereocenters. The maximum Gasteiger partial charge on any atom is 0.313 e. The fourth-order valence-electron chi connectivity index (χ4n) is 2.87. The molecule has 136 valence electrons. The smallest absolute Gasteiger partial charge is 0.313 e. The van der Waals surface area contributed by atoms with E-state index in [2.05, 4.69) is 20.7 Å². The Hall–Kier alpha value is -3.16. The van der Waals surface area contributed by atoms with Crippen molar-refractivity contribution in [1.29, 1.82) is 0 Å². The monoisotopic (exact) mass is 357 g/mol. The topological polar surface area (TPSA) is 91.8 Å². The zero-order valence-corrected chi connectivity index (χ0v) is 14.8. The van der Waals surface area contributed by atoms with Crippen LogP contribution in [0.1, 0.15) is 17.0 Å². The van der Waals surface area contributed by atoms with Crippen molar-refractivity contribution in [2.45, 2.75) is 20.3 Å². The summed E-state index contributed by atoms with van der Waals surface area (Å²) in [6.45, 7) is 3.83. The largest absolute Gasteiger partial charge is 0.361 e. The lowest BCUT2D eigenvalue weighted by atomic mass is 10.1. The number of hydrogen-bond donors (Lipinski definition) is 3. The molecule has 0 bridgehead atoms. The molecule has 2 amide bonds. The summed E-state index contributed by atoms with van der Waals surface area (Å²) in [7, 11) is 1.77. The van der Waals surface area contributed by atoms with Crippen molar-refractivity contribution in [2.24, 2.45) is 7.05 Å². The molecule has 3 rings (SSSR count). The van der Waals surface area contributed by atoms with E-state index in [0.29, 0.717) is 17.8 Å². The fourth-order valence-corrected chi connectivity index (χ4v) is 2.87. The zero-order valence-electron chi connectivity index (χ0n) is 14.8. The summed E-state index contributed by atoms with van der Waals surface area (Å²) < 4.78 is 15.0. The molecule has 0 radical (unpaired) electrons. The number of aromatic nitrogens is 3. The third-order valence-corrected chi connectivity index (χ3v) is 4.36. The average Bonchev–Trinajstić information content (AvgIpc) is 3.10. The molecule has 3 aromatic rings. The maximum atomic E-state index is 13.4. The minimum absolute atomic E-state index is 0.265. The van der Waals surface area contributed by atoms with E-state index in [1.807, 2.05) is 6.92 Å². The minimum Gasteiger partial charge on any atom is -0.361 e. The second-order valence-corrected chi connectivity index (χ2v) is 6.13. The highest BCUT2D eigenvalue weighted by Crippen LogP contribution is 2.20. The van der Waals surface area contributed by atoms with Crippen LogP contribution < -0.4 is 10.6 Å². The van der Waals surface area contributed by atoms with Crippen molar-refractivity contribution in [2.75, 3.05) is 11.9 Å². The van der Waals surface area contributed by atoms with Gasteiger partial charge < -0.3 is 15.6 Å². The third kappa shape index (κ3) is 3.44. The summed E-state index contributed by atoms with van der Waals surface area (Å²) in [5, 5.41) is 10.1. The molecule has 2 aromatic heterocycles. The van der Waals surface area contributed by atoms with E-state index in [-0.39, 0.29) is 12.4 Å². The van der Waals surface area contributed by atoms with Gasteiger partial charge in [-0.3, -0.25) is 14.3 Å². The number of benzene rings is 1. The van der Waals surface area contributed by atoms with Crippen LogP contribution in [0.25, 0.3) is 10.9 Å². The SMILES string of the molecule is Cc1nn(C)c(C)c1NC(=O)C(=O)NCCc1c[nH]c2ccc(F)cc12. The number of aromatic amines is 1. The maximum absolute atomic E-state index is 13.4. The molecule has 3 N–H and O–H groups in total. The molecule has 0 aliphatic carbocycles. The Morgan fingerprint density at radius 2 is 2.04 bits per heavy atom. The Morgan fingerprint density at radius 1 is 1.27 bits per heavy atom. The number of halogens is 1. The average molecular weight is 357 g/mol. The molecule has 8 heteroatoms. The highest BCUT2D eigenvalue weighted by atomic mass is 19.1. The number of anilines is 1. The number of carbonyl (C=O) groups excluding carboxylic acids is 2. The van der Waals surface area contributed by atoms with E-state index in [0.717, 1.165) is 22.2 Å². The molecule has 0 spiro atoms. The van der Waals surface area contributed by atoms with E-state index >= 15 is 0 Å². The number of aryl methyl sites for hydroxylation is 2. The second kappa shape index (κ2) is 6.99. The Balaban J connectivity index is 1.58. The van der Waals surface area contributed by atoms with Crippen LogP contribution in [0.15, 0.2) is 24.4 Å². The first-order valence-electron chi connectivity index (χ1n) is 8.21. The Kier molecular flexibility index (Phi) is 4.75. The molecule has 0 saturated heterocycles.